The number of benzene rings is 1. The summed E-state index contributed by atoms with van der Waals surface area (Å²) in [6, 6.07) is 6.87. The number of methoxy groups -OCH3 is 1. The third kappa shape index (κ3) is 3.76. The van der Waals surface area contributed by atoms with E-state index in [1.807, 2.05) is 0 Å². The lowest BCUT2D eigenvalue weighted by molar-refractivity contribution is -0.142. The Morgan fingerprint density at radius 2 is 1.86 bits per heavy atom. The average molecular weight is 306 g/mol. The predicted octanol–water partition coefficient (Wildman–Crippen LogP) is 1.70. The zero-order chi connectivity index (χ0) is 16.0. The average Bonchev–Trinajstić information content (AvgIpc) is 3.04. The molecule has 0 aliphatic heterocycles. The lowest BCUT2D eigenvalue weighted by atomic mass is 9.85. The minimum Gasteiger partial charge on any atom is -0.482 e. The molecule has 0 bridgehead atoms. The van der Waals surface area contributed by atoms with Crippen LogP contribution in [0.15, 0.2) is 24.3 Å². The van der Waals surface area contributed by atoms with Gasteiger partial charge in [-0.2, -0.15) is 0 Å². The van der Waals surface area contributed by atoms with Crippen LogP contribution in [0.25, 0.3) is 0 Å². The van der Waals surface area contributed by atoms with Crippen LogP contribution in [0.3, 0.4) is 0 Å². The maximum atomic E-state index is 12.4. The van der Waals surface area contributed by atoms with Gasteiger partial charge in [0, 0.05) is 12.2 Å². The monoisotopic (exact) mass is 306 g/mol. The molecule has 6 heteroatoms. The molecular weight excluding hydrogens is 284 g/mol. The fraction of sp³-hybridized carbons (Fsp3) is 0.500. The lowest BCUT2D eigenvalue weighted by Crippen LogP contribution is -2.40. The number of carbonyl (C=O) groups is 2. The number of nitrogens with two attached hydrogens (primary N) is 1. The van der Waals surface area contributed by atoms with E-state index in [4.69, 9.17) is 10.5 Å². The Balaban J connectivity index is 1.93. The lowest BCUT2D eigenvalue weighted by Gasteiger charge is -2.25. The number of rotatable bonds is 6. The van der Waals surface area contributed by atoms with E-state index >= 15 is 0 Å². The van der Waals surface area contributed by atoms with Gasteiger partial charge in [-0.25, -0.2) is 4.79 Å². The van der Waals surface area contributed by atoms with Crippen molar-refractivity contribution in [2.24, 2.45) is 11.1 Å². The van der Waals surface area contributed by atoms with Crippen molar-refractivity contribution >= 4 is 17.6 Å². The van der Waals surface area contributed by atoms with Gasteiger partial charge in [-0.05, 0) is 37.1 Å². The minimum atomic E-state index is -0.441. The van der Waals surface area contributed by atoms with Crippen LogP contribution in [0.2, 0.25) is 0 Å². The third-order valence-corrected chi connectivity index (χ3v) is 4.13. The summed E-state index contributed by atoms with van der Waals surface area (Å²) in [5, 5.41) is 2.91. The fourth-order valence-electron chi connectivity index (χ4n) is 2.68. The Kier molecular flexibility index (Phi) is 5.38. The predicted molar refractivity (Wildman–Crippen MR) is 82.5 cm³/mol. The maximum Gasteiger partial charge on any atom is 0.343 e. The summed E-state index contributed by atoms with van der Waals surface area (Å²) < 4.78 is 9.75. The summed E-state index contributed by atoms with van der Waals surface area (Å²) in [6.07, 6.45) is 3.78. The van der Waals surface area contributed by atoms with Crippen molar-refractivity contribution in [1.29, 1.82) is 0 Å². The first-order valence-electron chi connectivity index (χ1n) is 7.41. The van der Waals surface area contributed by atoms with E-state index in [1.165, 1.54) is 7.11 Å². The quantitative estimate of drug-likeness (QED) is 0.781. The molecule has 1 aromatic carbocycles. The molecule has 3 N–H and O–H groups in total. The summed E-state index contributed by atoms with van der Waals surface area (Å²) in [5.74, 6) is 0.0806. The van der Waals surface area contributed by atoms with E-state index < -0.39 is 11.4 Å². The van der Waals surface area contributed by atoms with Crippen molar-refractivity contribution in [2.45, 2.75) is 25.7 Å². The molecule has 1 aliphatic carbocycles. The number of hydrogen-bond acceptors (Lipinski definition) is 5. The second-order valence-corrected chi connectivity index (χ2v) is 5.53. The number of carbonyl (C=O) groups excluding carboxylic acids is 2. The van der Waals surface area contributed by atoms with Gasteiger partial charge in [0.15, 0.2) is 6.61 Å². The normalized spacial score (nSPS) is 16.1. The van der Waals surface area contributed by atoms with E-state index in [0.717, 1.165) is 25.7 Å². The molecule has 2 rings (SSSR count). The van der Waals surface area contributed by atoms with E-state index in [0.29, 0.717) is 18.0 Å². The molecule has 0 radical (unpaired) electrons. The van der Waals surface area contributed by atoms with Crippen LogP contribution < -0.4 is 15.8 Å². The fourth-order valence-corrected chi connectivity index (χ4v) is 2.68. The molecule has 0 unspecified atom stereocenters. The van der Waals surface area contributed by atoms with Crippen LogP contribution in [0.4, 0.5) is 5.69 Å². The Hall–Kier alpha value is -2.08. The molecule has 1 aliphatic rings. The van der Waals surface area contributed by atoms with Gasteiger partial charge in [-0.15, -0.1) is 0 Å². The van der Waals surface area contributed by atoms with Crippen molar-refractivity contribution in [2.75, 3.05) is 25.6 Å². The van der Waals surface area contributed by atoms with Gasteiger partial charge in [0.2, 0.25) is 5.91 Å². The molecule has 0 saturated heterocycles. The second-order valence-electron chi connectivity index (χ2n) is 5.53. The van der Waals surface area contributed by atoms with Crippen molar-refractivity contribution in [3.05, 3.63) is 24.3 Å². The van der Waals surface area contributed by atoms with Crippen LogP contribution in [0.1, 0.15) is 25.7 Å². The molecule has 0 spiro atoms. The van der Waals surface area contributed by atoms with Crippen LogP contribution in [-0.4, -0.2) is 32.1 Å². The van der Waals surface area contributed by atoms with E-state index in [2.05, 4.69) is 10.1 Å². The first kappa shape index (κ1) is 16.3. The maximum absolute atomic E-state index is 12.4. The van der Waals surface area contributed by atoms with Gasteiger partial charge in [-0.1, -0.05) is 12.8 Å². The van der Waals surface area contributed by atoms with Crippen LogP contribution in [0.5, 0.6) is 5.75 Å². The standard InChI is InChI=1S/C16H22N2O4/c1-21-14(19)10-22-13-6-4-12(5-7-13)18-15(20)16(11-17)8-2-3-9-16/h4-7H,2-3,8-11,17H2,1H3,(H,18,20). The van der Waals surface area contributed by atoms with Gasteiger partial charge in [0.1, 0.15) is 5.75 Å². The zero-order valence-corrected chi connectivity index (χ0v) is 12.8. The number of amides is 1. The Labute approximate surface area is 130 Å². The number of hydrogen-bond donors (Lipinski definition) is 2. The molecule has 0 aromatic heterocycles. The highest BCUT2D eigenvalue weighted by Gasteiger charge is 2.39. The van der Waals surface area contributed by atoms with Gasteiger partial charge >= 0.3 is 5.97 Å². The topological polar surface area (TPSA) is 90.6 Å². The van der Waals surface area contributed by atoms with E-state index in [1.54, 1.807) is 24.3 Å². The van der Waals surface area contributed by atoms with E-state index in [9.17, 15) is 9.59 Å². The largest absolute Gasteiger partial charge is 0.482 e. The molecule has 120 valence electrons. The molecule has 0 atom stereocenters. The molecule has 6 nitrogen and oxygen atoms in total. The van der Waals surface area contributed by atoms with Gasteiger partial charge in [0.05, 0.1) is 12.5 Å². The minimum absolute atomic E-state index is 0.0178. The molecule has 22 heavy (non-hydrogen) atoms. The highest BCUT2D eigenvalue weighted by atomic mass is 16.6. The summed E-state index contributed by atoms with van der Waals surface area (Å²) >= 11 is 0. The van der Waals surface area contributed by atoms with Gasteiger partial charge < -0.3 is 20.5 Å². The van der Waals surface area contributed by atoms with Crippen molar-refractivity contribution in [3.8, 4) is 5.75 Å². The van der Waals surface area contributed by atoms with Crippen LogP contribution >= 0.6 is 0 Å². The number of anilines is 1. The second kappa shape index (κ2) is 7.26. The first-order valence-corrected chi connectivity index (χ1v) is 7.41. The van der Waals surface area contributed by atoms with Crippen molar-refractivity contribution in [3.63, 3.8) is 0 Å². The third-order valence-electron chi connectivity index (χ3n) is 4.13. The molecule has 1 fully saturated rings. The molecule has 1 saturated carbocycles. The summed E-state index contributed by atoms with van der Waals surface area (Å²) in [5.41, 5.74) is 6.06. The molecule has 1 amide bonds. The number of ether oxygens (including phenoxy) is 2. The number of esters is 1. The van der Waals surface area contributed by atoms with Gasteiger partial charge in [0.25, 0.3) is 0 Å². The molecular formula is C16H22N2O4. The first-order chi connectivity index (χ1) is 10.6. The summed E-state index contributed by atoms with van der Waals surface area (Å²) in [4.78, 5) is 23.4. The SMILES string of the molecule is COC(=O)COc1ccc(NC(=O)C2(CN)CCCC2)cc1. The summed E-state index contributed by atoms with van der Waals surface area (Å²) in [7, 11) is 1.31. The Morgan fingerprint density at radius 3 is 2.41 bits per heavy atom. The van der Waals surface area contributed by atoms with Crippen LogP contribution in [0, 0.1) is 5.41 Å². The Morgan fingerprint density at radius 1 is 1.23 bits per heavy atom. The van der Waals surface area contributed by atoms with Crippen molar-refractivity contribution in [1.82, 2.24) is 0 Å². The highest BCUT2D eigenvalue weighted by Crippen LogP contribution is 2.38. The van der Waals surface area contributed by atoms with Crippen LogP contribution in [-0.2, 0) is 14.3 Å². The van der Waals surface area contributed by atoms with Gasteiger partial charge in [-0.3, -0.25) is 4.79 Å². The van der Waals surface area contributed by atoms with E-state index in [-0.39, 0.29) is 12.5 Å². The highest BCUT2D eigenvalue weighted by molar-refractivity contribution is 5.95. The molecule has 1 aromatic rings. The summed E-state index contributed by atoms with van der Waals surface area (Å²) in [6.45, 7) is 0.234. The molecule has 0 heterocycles. The Bertz CT molecular complexity index is 521. The van der Waals surface area contributed by atoms with Crippen molar-refractivity contribution < 1.29 is 19.1 Å². The smallest absolute Gasteiger partial charge is 0.343 e. The number of nitrogens with one attached hydrogen (secondary N) is 1. The zero-order valence-electron chi connectivity index (χ0n) is 12.8.